The van der Waals surface area contributed by atoms with Crippen molar-refractivity contribution in [1.82, 2.24) is 25.2 Å². The van der Waals surface area contributed by atoms with Crippen molar-refractivity contribution in [3.8, 4) is 6.07 Å². The predicted octanol–water partition coefficient (Wildman–Crippen LogP) is 3.88. The fourth-order valence-electron chi connectivity index (χ4n) is 4.71. The maximum Gasteiger partial charge on any atom is 0.270 e. The van der Waals surface area contributed by atoms with Crippen LogP contribution in [-0.4, -0.2) is 26.3 Å². The van der Waals surface area contributed by atoms with Crippen LogP contribution < -0.4 is 10.6 Å². The first-order valence-electron chi connectivity index (χ1n) is 11.4. The molecule has 1 aromatic carbocycles. The molecule has 0 saturated heterocycles. The van der Waals surface area contributed by atoms with Crippen LogP contribution in [0.3, 0.4) is 0 Å². The number of Topliss-reactive ketones (excluding diaryl/α,β-unsaturated/α-hetero) is 1. The fourth-order valence-corrected chi connectivity index (χ4v) is 5.46. The van der Waals surface area contributed by atoms with E-state index in [2.05, 4.69) is 32.9 Å². The SMILES string of the molecule is CC(=O)c1ccc2c(c1C)CC[C@@H]2NCc1cc(C(=O)NCc2ccc(C#N)s2)nc2ccnn12. The van der Waals surface area contributed by atoms with Gasteiger partial charge in [-0.3, -0.25) is 9.59 Å². The van der Waals surface area contributed by atoms with Crippen LogP contribution in [0.25, 0.3) is 5.65 Å². The lowest BCUT2D eigenvalue weighted by atomic mass is 9.96. The monoisotopic (exact) mass is 484 g/mol. The third kappa shape index (κ3) is 4.46. The lowest BCUT2D eigenvalue weighted by molar-refractivity contribution is 0.0945. The number of thiophene rings is 1. The van der Waals surface area contributed by atoms with E-state index in [9.17, 15) is 9.59 Å². The fraction of sp³-hybridized carbons (Fsp3) is 0.269. The molecule has 1 amide bonds. The zero-order valence-corrected chi connectivity index (χ0v) is 20.3. The number of amides is 1. The Kier molecular flexibility index (Phi) is 6.16. The molecule has 4 aromatic rings. The first kappa shape index (κ1) is 22.9. The molecule has 0 saturated carbocycles. The van der Waals surface area contributed by atoms with Crippen LogP contribution in [0, 0.1) is 18.3 Å². The molecule has 0 bridgehead atoms. The van der Waals surface area contributed by atoms with E-state index in [4.69, 9.17) is 5.26 Å². The third-order valence-electron chi connectivity index (χ3n) is 6.46. The number of hydrogen-bond donors (Lipinski definition) is 2. The summed E-state index contributed by atoms with van der Waals surface area (Å²) in [5, 5.41) is 19.9. The van der Waals surface area contributed by atoms with E-state index in [0.717, 1.165) is 34.5 Å². The molecule has 1 atom stereocenters. The molecule has 2 N–H and O–H groups in total. The van der Waals surface area contributed by atoms with Gasteiger partial charge in [-0.25, -0.2) is 9.50 Å². The Balaban J connectivity index is 1.33. The number of aromatic nitrogens is 3. The van der Waals surface area contributed by atoms with Crippen LogP contribution in [0.1, 0.15) is 72.4 Å². The predicted molar refractivity (Wildman–Crippen MR) is 132 cm³/mol. The summed E-state index contributed by atoms with van der Waals surface area (Å²) in [5.41, 5.74) is 6.10. The number of ketones is 1. The second-order valence-electron chi connectivity index (χ2n) is 8.63. The van der Waals surface area contributed by atoms with Gasteiger partial charge in [-0.15, -0.1) is 11.3 Å². The van der Waals surface area contributed by atoms with Gasteiger partial charge in [0.05, 0.1) is 18.4 Å². The first-order chi connectivity index (χ1) is 16.9. The molecule has 0 unspecified atom stereocenters. The summed E-state index contributed by atoms with van der Waals surface area (Å²) >= 11 is 1.36. The third-order valence-corrected chi connectivity index (χ3v) is 7.45. The van der Waals surface area contributed by atoms with Crippen LogP contribution in [0.5, 0.6) is 0 Å². The number of nitriles is 1. The lowest BCUT2D eigenvalue weighted by Gasteiger charge is -2.16. The number of nitrogens with one attached hydrogen (secondary N) is 2. The summed E-state index contributed by atoms with van der Waals surface area (Å²) in [4.78, 5) is 30.7. The van der Waals surface area contributed by atoms with Crippen molar-refractivity contribution in [3.05, 3.63) is 86.0 Å². The van der Waals surface area contributed by atoms with Gasteiger partial charge in [0.25, 0.3) is 5.91 Å². The van der Waals surface area contributed by atoms with Crippen molar-refractivity contribution in [2.75, 3.05) is 0 Å². The summed E-state index contributed by atoms with van der Waals surface area (Å²) in [6, 6.07) is 13.4. The standard InChI is InChI=1S/C26H24N6O2S/c1-15-20(16(2)33)5-6-22-21(15)7-8-23(22)28-13-17-11-24(31-25-9-10-30-32(17)25)26(34)29-14-19-4-3-18(12-27)35-19/h3-6,9-11,23,28H,7-8,13-14H2,1-2H3,(H,29,34)/t23-/m0/s1. The van der Waals surface area contributed by atoms with Crippen LogP contribution in [0.2, 0.25) is 0 Å². The van der Waals surface area contributed by atoms with E-state index in [1.165, 1.54) is 22.5 Å². The van der Waals surface area contributed by atoms with E-state index in [0.29, 0.717) is 29.3 Å². The highest BCUT2D eigenvalue weighted by Crippen LogP contribution is 2.35. The Morgan fingerprint density at radius 1 is 1.23 bits per heavy atom. The van der Waals surface area contributed by atoms with Crippen molar-refractivity contribution >= 4 is 28.7 Å². The molecule has 0 radical (unpaired) electrons. The molecule has 9 heteroatoms. The molecule has 3 heterocycles. The van der Waals surface area contributed by atoms with E-state index in [1.54, 1.807) is 35.8 Å². The minimum absolute atomic E-state index is 0.0926. The molecule has 1 aliphatic rings. The molecule has 3 aromatic heterocycles. The number of rotatable bonds is 7. The van der Waals surface area contributed by atoms with Gasteiger partial charge in [-0.2, -0.15) is 10.4 Å². The second kappa shape index (κ2) is 9.41. The maximum atomic E-state index is 12.8. The number of fused-ring (bicyclic) bond motifs is 2. The summed E-state index contributed by atoms with van der Waals surface area (Å²) in [6.07, 6.45) is 3.54. The largest absolute Gasteiger partial charge is 0.346 e. The maximum absolute atomic E-state index is 12.8. The van der Waals surface area contributed by atoms with Gasteiger partial charge in [-0.1, -0.05) is 12.1 Å². The lowest BCUT2D eigenvalue weighted by Crippen LogP contribution is -2.25. The number of nitrogens with zero attached hydrogens (tertiary/aromatic N) is 4. The van der Waals surface area contributed by atoms with Crippen LogP contribution in [-0.2, 0) is 19.5 Å². The topological polar surface area (TPSA) is 112 Å². The zero-order chi connectivity index (χ0) is 24.5. The molecule has 35 heavy (non-hydrogen) atoms. The molecular formula is C26H24N6O2S. The Labute approximate surface area is 206 Å². The van der Waals surface area contributed by atoms with E-state index in [1.807, 2.05) is 19.1 Å². The van der Waals surface area contributed by atoms with Gasteiger partial charge in [0.1, 0.15) is 16.6 Å². The van der Waals surface area contributed by atoms with Crippen molar-refractivity contribution in [2.24, 2.45) is 0 Å². The summed E-state index contributed by atoms with van der Waals surface area (Å²) in [5.74, 6) is -0.185. The van der Waals surface area contributed by atoms with Gasteiger partial charge >= 0.3 is 0 Å². The van der Waals surface area contributed by atoms with Crippen LogP contribution in [0.15, 0.2) is 42.6 Å². The van der Waals surface area contributed by atoms with E-state index < -0.39 is 0 Å². The molecule has 0 fully saturated rings. The van der Waals surface area contributed by atoms with Gasteiger partial charge in [0.2, 0.25) is 0 Å². The average Bonchev–Trinajstić information content (AvgIpc) is 3.60. The molecule has 8 nitrogen and oxygen atoms in total. The highest BCUT2D eigenvalue weighted by atomic mass is 32.1. The van der Waals surface area contributed by atoms with Crippen molar-refractivity contribution in [1.29, 1.82) is 5.26 Å². The molecule has 0 spiro atoms. The number of carbonyl (C=O) groups excluding carboxylic acids is 2. The number of benzene rings is 1. The van der Waals surface area contributed by atoms with Gasteiger partial charge in [-0.05, 0) is 61.6 Å². The molecular weight excluding hydrogens is 460 g/mol. The molecule has 5 rings (SSSR count). The Morgan fingerprint density at radius 3 is 2.86 bits per heavy atom. The highest BCUT2D eigenvalue weighted by molar-refractivity contribution is 7.12. The van der Waals surface area contributed by atoms with Crippen LogP contribution >= 0.6 is 11.3 Å². The van der Waals surface area contributed by atoms with E-state index >= 15 is 0 Å². The van der Waals surface area contributed by atoms with Crippen molar-refractivity contribution < 1.29 is 9.59 Å². The van der Waals surface area contributed by atoms with Crippen molar-refractivity contribution in [2.45, 2.75) is 45.8 Å². The molecule has 176 valence electrons. The van der Waals surface area contributed by atoms with Crippen LogP contribution in [0.4, 0.5) is 0 Å². The number of hydrogen-bond acceptors (Lipinski definition) is 7. The average molecular weight is 485 g/mol. The molecule has 1 aliphatic carbocycles. The summed E-state index contributed by atoms with van der Waals surface area (Å²) < 4.78 is 1.74. The molecule has 0 aliphatic heterocycles. The van der Waals surface area contributed by atoms with Gasteiger partial charge in [0, 0.05) is 29.1 Å². The quantitative estimate of drug-likeness (QED) is 0.385. The second-order valence-corrected chi connectivity index (χ2v) is 9.80. The first-order valence-corrected chi connectivity index (χ1v) is 12.2. The van der Waals surface area contributed by atoms with Crippen molar-refractivity contribution in [3.63, 3.8) is 0 Å². The normalized spacial score (nSPS) is 14.6. The number of carbonyl (C=O) groups is 2. The smallest absolute Gasteiger partial charge is 0.270 e. The summed E-state index contributed by atoms with van der Waals surface area (Å²) in [7, 11) is 0. The van der Waals surface area contributed by atoms with E-state index in [-0.39, 0.29) is 17.7 Å². The minimum atomic E-state index is -0.277. The van der Waals surface area contributed by atoms with Gasteiger partial charge < -0.3 is 10.6 Å². The Bertz CT molecular complexity index is 1500. The zero-order valence-electron chi connectivity index (χ0n) is 19.5. The van der Waals surface area contributed by atoms with Gasteiger partial charge in [0.15, 0.2) is 11.4 Å². The summed E-state index contributed by atoms with van der Waals surface area (Å²) in [6.45, 7) is 4.48. The Hall–Kier alpha value is -3.87. The Morgan fingerprint density at radius 2 is 2.09 bits per heavy atom. The minimum Gasteiger partial charge on any atom is -0.346 e. The highest BCUT2D eigenvalue weighted by Gasteiger charge is 2.25.